The number of nitrogens with zero attached hydrogens (tertiary/aromatic N) is 1. The van der Waals surface area contributed by atoms with E-state index in [4.69, 9.17) is 9.47 Å². The Balaban J connectivity index is 1.37. The molecule has 1 saturated heterocycles. The van der Waals surface area contributed by atoms with E-state index in [2.05, 4.69) is 67.9 Å². The van der Waals surface area contributed by atoms with Gasteiger partial charge in [0.15, 0.2) is 5.79 Å². The average molecular weight is 450 g/mol. The normalized spacial score (nSPS) is 20.8. The summed E-state index contributed by atoms with van der Waals surface area (Å²) in [5, 5.41) is 0. The molecule has 32 heavy (non-hydrogen) atoms. The van der Waals surface area contributed by atoms with Gasteiger partial charge in [0.25, 0.3) is 0 Å². The maximum absolute atomic E-state index is 5.96. The molecule has 2 fully saturated rings. The summed E-state index contributed by atoms with van der Waals surface area (Å²) in [6.07, 6.45) is 7.86. The second-order valence-corrected chi connectivity index (χ2v) is 10.7. The van der Waals surface area contributed by atoms with Gasteiger partial charge in [0.05, 0.1) is 24.6 Å². The first-order valence-corrected chi connectivity index (χ1v) is 13.0. The molecule has 1 unspecified atom stereocenters. The van der Waals surface area contributed by atoms with Gasteiger partial charge in [0.2, 0.25) is 0 Å². The van der Waals surface area contributed by atoms with Crippen molar-refractivity contribution in [3.05, 3.63) is 60.2 Å². The van der Waals surface area contributed by atoms with Crippen molar-refractivity contribution >= 4 is 23.1 Å². The van der Waals surface area contributed by atoms with E-state index < -0.39 is 0 Å². The molecule has 1 atom stereocenters. The Labute approximate surface area is 197 Å². The van der Waals surface area contributed by atoms with Crippen LogP contribution >= 0.6 is 11.8 Å². The van der Waals surface area contributed by atoms with Crippen molar-refractivity contribution in [3.8, 4) is 0 Å². The van der Waals surface area contributed by atoms with Gasteiger partial charge >= 0.3 is 0 Å². The second-order valence-electron chi connectivity index (χ2n) is 9.60. The van der Waals surface area contributed by atoms with Gasteiger partial charge in [-0.1, -0.05) is 55.5 Å². The van der Waals surface area contributed by atoms with Gasteiger partial charge in [-0.05, 0) is 61.4 Å². The summed E-state index contributed by atoms with van der Waals surface area (Å²) < 4.78 is 11.9. The summed E-state index contributed by atoms with van der Waals surface area (Å²) in [5.74, 6) is 0.849. The van der Waals surface area contributed by atoms with Crippen LogP contribution < -0.4 is 4.90 Å². The van der Waals surface area contributed by atoms with E-state index in [0.717, 1.165) is 38.9 Å². The molecule has 4 heteroatoms. The number of para-hydroxylation sites is 1. The third-order valence-corrected chi connectivity index (χ3v) is 8.64. The highest BCUT2D eigenvalue weighted by atomic mass is 32.2. The van der Waals surface area contributed by atoms with Gasteiger partial charge in [-0.3, -0.25) is 0 Å². The molecule has 2 aromatic rings. The molecular formula is C28H35NO2S. The number of allylic oxidation sites excluding steroid dienone is 1. The van der Waals surface area contributed by atoms with Crippen LogP contribution in [-0.2, 0) is 9.47 Å². The average Bonchev–Trinajstić information content (AvgIpc) is 3.27. The van der Waals surface area contributed by atoms with Gasteiger partial charge in [-0.15, -0.1) is 0 Å². The monoisotopic (exact) mass is 449 g/mol. The number of hydrogen-bond acceptors (Lipinski definition) is 4. The van der Waals surface area contributed by atoms with Crippen LogP contribution in [0.5, 0.6) is 0 Å². The molecule has 1 spiro atoms. The third-order valence-electron chi connectivity index (χ3n) is 7.51. The SMILES string of the molecule is C=C(CCC)C(CC1CCC2(CC1)OCCO2)c1ccc2c(c1)N(C)c1ccccc1S2. The minimum Gasteiger partial charge on any atom is -0.348 e. The lowest BCUT2D eigenvalue weighted by Crippen LogP contribution is -2.35. The lowest BCUT2D eigenvalue weighted by molar-refractivity contribution is -0.182. The van der Waals surface area contributed by atoms with E-state index in [1.807, 2.05) is 11.8 Å². The van der Waals surface area contributed by atoms with Crippen molar-refractivity contribution in [2.45, 2.75) is 73.4 Å². The Morgan fingerprint density at radius 1 is 1.09 bits per heavy atom. The van der Waals surface area contributed by atoms with E-state index in [-0.39, 0.29) is 5.79 Å². The molecule has 0 radical (unpaired) electrons. The molecule has 0 bridgehead atoms. The van der Waals surface area contributed by atoms with Crippen LogP contribution in [0.25, 0.3) is 0 Å². The quantitative estimate of drug-likeness (QED) is 0.422. The van der Waals surface area contributed by atoms with Crippen molar-refractivity contribution in [2.75, 3.05) is 25.2 Å². The first-order valence-electron chi connectivity index (χ1n) is 12.2. The zero-order valence-corrected chi connectivity index (χ0v) is 20.3. The summed E-state index contributed by atoms with van der Waals surface area (Å²) in [6, 6.07) is 15.8. The smallest absolute Gasteiger partial charge is 0.168 e. The fourth-order valence-corrected chi connectivity index (χ4v) is 6.80. The van der Waals surface area contributed by atoms with Crippen LogP contribution in [0.15, 0.2) is 64.4 Å². The largest absolute Gasteiger partial charge is 0.348 e. The predicted molar refractivity (Wildman–Crippen MR) is 133 cm³/mol. The Morgan fingerprint density at radius 3 is 2.56 bits per heavy atom. The minimum absolute atomic E-state index is 0.272. The summed E-state index contributed by atoms with van der Waals surface area (Å²) in [4.78, 5) is 5.02. The highest BCUT2D eigenvalue weighted by Gasteiger charge is 2.40. The van der Waals surface area contributed by atoms with E-state index >= 15 is 0 Å². The lowest BCUT2D eigenvalue weighted by atomic mass is 9.75. The molecule has 2 aliphatic heterocycles. The number of ether oxygens (including phenoxy) is 2. The maximum atomic E-state index is 5.96. The molecule has 170 valence electrons. The molecule has 5 rings (SSSR count). The van der Waals surface area contributed by atoms with Crippen molar-refractivity contribution < 1.29 is 9.47 Å². The Kier molecular flexibility index (Phi) is 6.37. The van der Waals surface area contributed by atoms with E-state index in [1.165, 1.54) is 51.6 Å². The zero-order chi connectivity index (χ0) is 22.1. The fourth-order valence-electron chi connectivity index (χ4n) is 5.67. The molecule has 2 heterocycles. The highest BCUT2D eigenvalue weighted by molar-refractivity contribution is 7.99. The number of benzene rings is 2. The Bertz CT molecular complexity index is 971. The molecule has 2 aromatic carbocycles. The summed E-state index contributed by atoms with van der Waals surface area (Å²) in [7, 11) is 2.19. The highest BCUT2D eigenvalue weighted by Crippen LogP contribution is 2.49. The fraction of sp³-hybridized carbons (Fsp3) is 0.500. The molecule has 0 amide bonds. The van der Waals surface area contributed by atoms with E-state index in [0.29, 0.717) is 11.8 Å². The number of hydrogen-bond donors (Lipinski definition) is 0. The van der Waals surface area contributed by atoms with Gasteiger partial charge in [0, 0.05) is 35.6 Å². The zero-order valence-electron chi connectivity index (χ0n) is 19.4. The van der Waals surface area contributed by atoms with Crippen molar-refractivity contribution in [3.63, 3.8) is 0 Å². The van der Waals surface area contributed by atoms with Gasteiger partial charge < -0.3 is 14.4 Å². The third kappa shape index (κ3) is 4.25. The van der Waals surface area contributed by atoms with Gasteiger partial charge in [0.1, 0.15) is 0 Å². The van der Waals surface area contributed by atoms with Crippen molar-refractivity contribution in [1.82, 2.24) is 0 Å². The van der Waals surface area contributed by atoms with Crippen LogP contribution in [0, 0.1) is 5.92 Å². The summed E-state index contributed by atoms with van der Waals surface area (Å²) >= 11 is 1.88. The topological polar surface area (TPSA) is 21.7 Å². The Hall–Kier alpha value is -1.75. The van der Waals surface area contributed by atoms with Gasteiger partial charge in [-0.25, -0.2) is 0 Å². The molecule has 1 aliphatic carbocycles. The van der Waals surface area contributed by atoms with Gasteiger partial charge in [-0.2, -0.15) is 0 Å². The van der Waals surface area contributed by atoms with E-state index in [1.54, 1.807) is 0 Å². The number of rotatable bonds is 6. The lowest BCUT2D eigenvalue weighted by Gasteiger charge is -2.37. The number of fused-ring (bicyclic) bond motifs is 2. The van der Waals surface area contributed by atoms with Crippen LogP contribution in [0.3, 0.4) is 0 Å². The van der Waals surface area contributed by atoms with Crippen LogP contribution in [-0.4, -0.2) is 26.0 Å². The first kappa shape index (κ1) is 22.1. The molecule has 0 aromatic heterocycles. The minimum atomic E-state index is -0.272. The Morgan fingerprint density at radius 2 is 1.81 bits per heavy atom. The van der Waals surface area contributed by atoms with Crippen LogP contribution in [0.2, 0.25) is 0 Å². The van der Waals surface area contributed by atoms with Crippen LogP contribution in [0.4, 0.5) is 11.4 Å². The van der Waals surface area contributed by atoms with Crippen LogP contribution in [0.1, 0.15) is 63.4 Å². The van der Waals surface area contributed by atoms with E-state index in [9.17, 15) is 0 Å². The van der Waals surface area contributed by atoms with Crippen molar-refractivity contribution in [1.29, 1.82) is 0 Å². The standard InChI is InChI=1S/C28H35NO2S/c1-4-7-20(2)23(18-21-12-14-28(15-13-21)30-16-17-31-28)22-10-11-27-25(19-22)29(3)24-8-5-6-9-26(24)32-27/h5-6,8-11,19,21,23H,2,4,7,12-18H2,1,3H3. The summed E-state index contributed by atoms with van der Waals surface area (Å²) in [5.41, 5.74) is 5.41. The summed E-state index contributed by atoms with van der Waals surface area (Å²) in [6.45, 7) is 8.32. The number of anilines is 2. The molecule has 0 N–H and O–H groups in total. The molecular weight excluding hydrogens is 414 g/mol. The molecule has 1 saturated carbocycles. The molecule has 3 aliphatic rings. The predicted octanol–water partition coefficient (Wildman–Crippen LogP) is 7.68. The first-order chi connectivity index (χ1) is 15.6. The second kappa shape index (κ2) is 9.24. The molecule has 3 nitrogen and oxygen atoms in total. The maximum Gasteiger partial charge on any atom is 0.168 e. The van der Waals surface area contributed by atoms with Crippen molar-refractivity contribution in [2.24, 2.45) is 5.92 Å².